The van der Waals surface area contributed by atoms with E-state index in [0.717, 1.165) is 33.3 Å². The SMILES string of the molecule is Cc1ncc(-c2sccc2NC(=O)CC2Cc3ccccc3NC2=O)[nH]1. The van der Waals surface area contributed by atoms with Crippen LogP contribution in [0.3, 0.4) is 0 Å². The van der Waals surface area contributed by atoms with Crippen molar-refractivity contribution in [1.29, 1.82) is 0 Å². The summed E-state index contributed by atoms with van der Waals surface area (Å²) in [5.74, 6) is 0.193. The number of aromatic amines is 1. The fourth-order valence-corrected chi connectivity index (χ4v) is 3.97. The summed E-state index contributed by atoms with van der Waals surface area (Å²) in [6, 6.07) is 9.56. The summed E-state index contributed by atoms with van der Waals surface area (Å²) in [6.45, 7) is 1.88. The minimum Gasteiger partial charge on any atom is -0.342 e. The smallest absolute Gasteiger partial charge is 0.228 e. The molecule has 3 aromatic rings. The number of fused-ring (bicyclic) bond motifs is 1. The van der Waals surface area contributed by atoms with E-state index in [1.807, 2.05) is 42.6 Å². The molecule has 1 aliphatic heterocycles. The van der Waals surface area contributed by atoms with Crippen molar-refractivity contribution in [3.63, 3.8) is 0 Å². The second-order valence-corrected chi connectivity index (χ2v) is 7.26. The predicted octanol–water partition coefficient (Wildman–Crippen LogP) is 3.59. The van der Waals surface area contributed by atoms with Crippen LogP contribution in [0.4, 0.5) is 11.4 Å². The Balaban J connectivity index is 1.46. The number of nitrogens with zero attached hydrogens (tertiary/aromatic N) is 1. The third-order valence-corrected chi connectivity index (χ3v) is 5.38. The van der Waals surface area contributed by atoms with E-state index in [-0.39, 0.29) is 24.2 Å². The number of nitrogens with one attached hydrogen (secondary N) is 3. The van der Waals surface area contributed by atoms with Gasteiger partial charge in [-0.05, 0) is 36.4 Å². The Hall–Kier alpha value is -2.93. The molecule has 0 saturated heterocycles. The Morgan fingerprint density at radius 3 is 3.00 bits per heavy atom. The number of hydrogen-bond donors (Lipinski definition) is 3. The first kappa shape index (κ1) is 16.5. The van der Waals surface area contributed by atoms with Crippen molar-refractivity contribution in [1.82, 2.24) is 9.97 Å². The maximum absolute atomic E-state index is 12.5. The molecule has 6 nitrogen and oxygen atoms in total. The van der Waals surface area contributed by atoms with Crippen molar-refractivity contribution in [3.8, 4) is 10.6 Å². The minimum atomic E-state index is -0.360. The second kappa shape index (κ2) is 6.76. The van der Waals surface area contributed by atoms with Gasteiger partial charge < -0.3 is 15.6 Å². The van der Waals surface area contributed by atoms with E-state index in [1.165, 1.54) is 11.3 Å². The highest BCUT2D eigenvalue weighted by atomic mass is 32.1. The first-order valence-corrected chi connectivity index (χ1v) is 9.26. The molecule has 2 aromatic heterocycles. The molecule has 1 aromatic carbocycles. The van der Waals surface area contributed by atoms with Crippen molar-refractivity contribution in [2.24, 2.45) is 5.92 Å². The molecule has 0 saturated carbocycles. The van der Waals surface area contributed by atoms with Crippen LogP contribution < -0.4 is 10.6 Å². The summed E-state index contributed by atoms with van der Waals surface area (Å²) in [6.07, 6.45) is 2.48. The number of aryl methyl sites for hydroxylation is 1. The molecule has 132 valence electrons. The van der Waals surface area contributed by atoms with Crippen molar-refractivity contribution in [2.45, 2.75) is 19.8 Å². The van der Waals surface area contributed by atoms with Crippen molar-refractivity contribution < 1.29 is 9.59 Å². The average molecular weight is 366 g/mol. The molecule has 1 unspecified atom stereocenters. The topological polar surface area (TPSA) is 86.9 Å². The summed E-state index contributed by atoms with van der Waals surface area (Å²) in [5, 5.41) is 7.74. The lowest BCUT2D eigenvalue weighted by atomic mass is 9.90. The lowest BCUT2D eigenvalue weighted by Gasteiger charge is -2.24. The number of carbonyl (C=O) groups is 2. The van der Waals surface area contributed by atoms with Gasteiger partial charge in [0.05, 0.1) is 28.4 Å². The Bertz CT molecular complexity index is 975. The number of carbonyl (C=O) groups excluding carboxylic acids is 2. The van der Waals surface area contributed by atoms with E-state index in [1.54, 1.807) is 6.20 Å². The van der Waals surface area contributed by atoms with Crippen molar-refractivity contribution in [3.05, 3.63) is 53.3 Å². The number of aromatic nitrogens is 2. The molecule has 7 heteroatoms. The van der Waals surface area contributed by atoms with Gasteiger partial charge in [-0.25, -0.2) is 4.98 Å². The van der Waals surface area contributed by atoms with Crippen LogP contribution in [0.15, 0.2) is 41.9 Å². The summed E-state index contributed by atoms with van der Waals surface area (Å²) in [5.41, 5.74) is 3.51. The summed E-state index contributed by atoms with van der Waals surface area (Å²) < 4.78 is 0. The highest BCUT2D eigenvalue weighted by Crippen LogP contribution is 2.33. The molecule has 0 fully saturated rings. The van der Waals surface area contributed by atoms with E-state index in [9.17, 15) is 9.59 Å². The highest BCUT2D eigenvalue weighted by Gasteiger charge is 2.28. The molecule has 26 heavy (non-hydrogen) atoms. The maximum Gasteiger partial charge on any atom is 0.228 e. The largest absolute Gasteiger partial charge is 0.342 e. The summed E-state index contributed by atoms with van der Waals surface area (Å²) in [4.78, 5) is 33.1. The van der Waals surface area contributed by atoms with Gasteiger partial charge in [0.15, 0.2) is 0 Å². The number of hydrogen-bond acceptors (Lipinski definition) is 4. The number of benzene rings is 1. The van der Waals surface area contributed by atoms with Crippen molar-refractivity contribution >= 4 is 34.5 Å². The van der Waals surface area contributed by atoms with Gasteiger partial charge in [-0.15, -0.1) is 11.3 Å². The Morgan fingerprint density at radius 1 is 1.35 bits per heavy atom. The van der Waals surface area contributed by atoms with E-state index < -0.39 is 0 Å². The van der Waals surface area contributed by atoms with Gasteiger partial charge in [0.1, 0.15) is 5.82 Å². The van der Waals surface area contributed by atoms with Gasteiger partial charge in [0.25, 0.3) is 0 Å². The van der Waals surface area contributed by atoms with Crippen molar-refractivity contribution in [2.75, 3.05) is 10.6 Å². The number of anilines is 2. The van der Waals surface area contributed by atoms with Crippen LogP contribution in [-0.4, -0.2) is 21.8 Å². The molecule has 1 atom stereocenters. The monoisotopic (exact) mass is 366 g/mol. The Morgan fingerprint density at radius 2 is 2.19 bits per heavy atom. The van der Waals surface area contributed by atoms with Crippen LogP contribution >= 0.6 is 11.3 Å². The molecule has 0 spiro atoms. The number of para-hydroxylation sites is 1. The van der Waals surface area contributed by atoms with Gasteiger partial charge in [0, 0.05) is 12.1 Å². The molecule has 4 rings (SSSR count). The van der Waals surface area contributed by atoms with E-state index >= 15 is 0 Å². The van der Waals surface area contributed by atoms with Crippen LogP contribution in [0.25, 0.3) is 10.6 Å². The first-order valence-electron chi connectivity index (χ1n) is 8.38. The molecule has 0 aliphatic carbocycles. The normalized spacial score (nSPS) is 16.0. The number of H-pyrrole nitrogens is 1. The predicted molar refractivity (Wildman–Crippen MR) is 102 cm³/mol. The zero-order valence-electron chi connectivity index (χ0n) is 14.2. The lowest BCUT2D eigenvalue weighted by Crippen LogP contribution is -2.32. The van der Waals surface area contributed by atoms with E-state index in [4.69, 9.17) is 0 Å². The molecule has 3 N–H and O–H groups in total. The quantitative estimate of drug-likeness (QED) is 0.659. The molecular weight excluding hydrogens is 348 g/mol. The Kier molecular flexibility index (Phi) is 4.30. The van der Waals surface area contributed by atoms with Crippen LogP contribution in [0, 0.1) is 12.8 Å². The van der Waals surface area contributed by atoms with Gasteiger partial charge in [-0.2, -0.15) is 0 Å². The number of imidazole rings is 1. The average Bonchev–Trinajstić information content (AvgIpc) is 3.24. The highest BCUT2D eigenvalue weighted by molar-refractivity contribution is 7.14. The number of thiophene rings is 1. The minimum absolute atomic E-state index is 0.103. The third-order valence-electron chi connectivity index (χ3n) is 4.43. The van der Waals surface area contributed by atoms with Gasteiger partial charge in [0.2, 0.25) is 11.8 Å². The van der Waals surface area contributed by atoms with Crippen LogP contribution in [0.1, 0.15) is 17.8 Å². The zero-order valence-corrected chi connectivity index (χ0v) is 15.0. The number of amides is 2. The molecule has 1 aliphatic rings. The molecule has 0 radical (unpaired) electrons. The molecule has 0 bridgehead atoms. The maximum atomic E-state index is 12.5. The second-order valence-electron chi connectivity index (χ2n) is 6.35. The fourth-order valence-electron chi connectivity index (χ4n) is 3.16. The third kappa shape index (κ3) is 3.25. The van der Waals surface area contributed by atoms with Gasteiger partial charge in [-0.3, -0.25) is 9.59 Å². The molecular formula is C19H18N4O2S. The standard InChI is InChI=1S/C19H18N4O2S/c1-11-20-10-16(21-11)18-15(6-7-26-18)22-17(24)9-13-8-12-4-2-3-5-14(12)23-19(13)25/h2-7,10,13H,8-9H2,1H3,(H,20,21)(H,22,24)(H,23,25). The van der Waals surface area contributed by atoms with E-state index in [2.05, 4.69) is 20.6 Å². The fraction of sp³-hybridized carbons (Fsp3) is 0.211. The lowest BCUT2D eigenvalue weighted by molar-refractivity contribution is -0.125. The first-order chi connectivity index (χ1) is 12.6. The zero-order chi connectivity index (χ0) is 18.1. The van der Waals surface area contributed by atoms with Gasteiger partial charge in [-0.1, -0.05) is 18.2 Å². The molecule has 3 heterocycles. The van der Waals surface area contributed by atoms with Crippen LogP contribution in [0.2, 0.25) is 0 Å². The van der Waals surface area contributed by atoms with Crippen LogP contribution in [0.5, 0.6) is 0 Å². The Labute approximate surface area is 154 Å². The van der Waals surface area contributed by atoms with Gasteiger partial charge >= 0.3 is 0 Å². The number of rotatable bonds is 4. The summed E-state index contributed by atoms with van der Waals surface area (Å²) in [7, 11) is 0. The summed E-state index contributed by atoms with van der Waals surface area (Å²) >= 11 is 1.53. The molecule has 2 amide bonds. The van der Waals surface area contributed by atoms with E-state index in [0.29, 0.717) is 6.42 Å². The van der Waals surface area contributed by atoms with Crippen LogP contribution in [-0.2, 0) is 16.0 Å².